The van der Waals surface area contributed by atoms with Crippen molar-refractivity contribution in [2.24, 2.45) is 0 Å². The van der Waals surface area contributed by atoms with Crippen LogP contribution in [0, 0.1) is 6.92 Å². The summed E-state index contributed by atoms with van der Waals surface area (Å²) in [6, 6.07) is 50.9. The fourth-order valence-corrected chi connectivity index (χ4v) is 13.9. The van der Waals surface area contributed by atoms with Crippen LogP contribution in [-0.4, -0.2) is 11.4 Å². The number of hydrogen-bond acceptors (Lipinski definition) is 4. The summed E-state index contributed by atoms with van der Waals surface area (Å²) < 4.78 is 9.72. The van der Waals surface area contributed by atoms with E-state index in [0.717, 1.165) is 21.9 Å². The number of rotatable bonds is 1. The van der Waals surface area contributed by atoms with E-state index in [2.05, 4.69) is 177 Å². The Morgan fingerprint density at radius 3 is 2.03 bits per heavy atom. The lowest BCUT2D eigenvalue weighted by atomic mass is 9.43. The van der Waals surface area contributed by atoms with Crippen molar-refractivity contribution in [1.29, 1.82) is 0 Å². The van der Waals surface area contributed by atoms with Gasteiger partial charge in [-0.15, -0.1) is 0 Å². The van der Waals surface area contributed by atoms with E-state index in [4.69, 9.17) is 4.42 Å². The summed E-state index contributed by atoms with van der Waals surface area (Å²) >= 11 is 3.82. The lowest BCUT2D eigenvalue weighted by molar-refractivity contribution is 0.332. The summed E-state index contributed by atoms with van der Waals surface area (Å²) in [5, 5.41) is 7.37. The lowest BCUT2D eigenvalue weighted by Gasteiger charge is -2.46. The molecule has 3 nitrogen and oxygen atoms in total. The third-order valence-corrected chi connectivity index (χ3v) is 17.3. The molecule has 4 aliphatic rings. The molecule has 292 valence electrons. The average Bonchev–Trinajstić information content (AvgIpc) is 3.80. The first-order valence-corrected chi connectivity index (χ1v) is 23.3. The second-order valence-corrected chi connectivity index (χ2v) is 21.3. The SMILES string of the molecule is Cc1cc2c(cc1N1B3c4c(cc5c(oc6ccccc65)c4-n4c5cc6ccccc6cc5c5cccc3c54)-c3cc4c(cc31)Sc1ccccc1S4)C(C)(C)CCC2(C)C. The van der Waals surface area contributed by atoms with E-state index < -0.39 is 0 Å². The van der Waals surface area contributed by atoms with Gasteiger partial charge in [0.25, 0.3) is 0 Å². The minimum absolute atomic E-state index is 0.0580. The summed E-state index contributed by atoms with van der Waals surface area (Å²) in [6.07, 6.45) is 2.36. The number of nitrogens with zero attached hydrogens (tertiary/aromatic N) is 2. The highest BCUT2D eigenvalue weighted by Crippen LogP contribution is 2.56. The smallest absolute Gasteiger partial charge is 0.333 e. The van der Waals surface area contributed by atoms with Gasteiger partial charge in [0.15, 0.2) is 5.58 Å². The van der Waals surface area contributed by atoms with Crippen LogP contribution >= 0.6 is 23.5 Å². The van der Waals surface area contributed by atoms with E-state index in [1.807, 2.05) is 23.5 Å². The van der Waals surface area contributed by atoms with Crippen molar-refractivity contribution in [3.63, 3.8) is 0 Å². The van der Waals surface area contributed by atoms with Crippen molar-refractivity contribution in [3.05, 3.63) is 150 Å². The molecular weight excluding hydrogens is 780 g/mol. The van der Waals surface area contributed by atoms with Gasteiger partial charge in [-0.1, -0.05) is 130 Å². The molecule has 0 unspecified atom stereocenters. The number of hydrogen-bond donors (Lipinski definition) is 0. The molecule has 0 radical (unpaired) electrons. The lowest BCUT2D eigenvalue weighted by Crippen LogP contribution is -2.60. The van der Waals surface area contributed by atoms with Crippen LogP contribution in [0.5, 0.6) is 0 Å². The standard InChI is InChI=1S/C55H41BN2OS2/c1-30-23-39-40(55(4,5)22-21-54(39,2)3)28-42(30)58-44-29-49-48(60-46-19-10-11-20-47(46)61-49)27-36(44)37-26-38-33-15-8-9-18-45(33)59-53(38)52-50(37)56(58)41-17-12-16-34-35-24-31-13-6-7-14-32(31)25-43(35)57(52)51(34)41/h6-20,23-29H,21-22H2,1-5H3. The minimum Gasteiger partial charge on any atom is -0.454 e. The van der Waals surface area contributed by atoms with Crippen LogP contribution in [0.15, 0.2) is 157 Å². The van der Waals surface area contributed by atoms with Crippen molar-refractivity contribution in [2.45, 2.75) is 77.9 Å². The Hall–Kier alpha value is -5.82. The highest BCUT2D eigenvalue weighted by molar-refractivity contribution is 8.05. The largest absolute Gasteiger partial charge is 0.454 e. The van der Waals surface area contributed by atoms with E-state index in [1.165, 1.54) is 121 Å². The third kappa shape index (κ3) is 4.54. The monoisotopic (exact) mass is 820 g/mol. The Morgan fingerprint density at radius 2 is 1.25 bits per heavy atom. The summed E-state index contributed by atoms with van der Waals surface area (Å²) in [4.78, 5) is 8.03. The van der Waals surface area contributed by atoms with Crippen molar-refractivity contribution < 1.29 is 4.42 Å². The summed E-state index contributed by atoms with van der Waals surface area (Å²) in [5.41, 5.74) is 17.8. The fraction of sp³-hybridized carbons (Fsp3) is 0.164. The van der Waals surface area contributed by atoms with Crippen LogP contribution < -0.4 is 15.7 Å². The molecule has 2 aromatic heterocycles. The highest BCUT2D eigenvalue weighted by Gasteiger charge is 2.47. The normalized spacial score (nSPS) is 16.5. The predicted octanol–water partition coefficient (Wildman–Crippen LogP) is 14.3. The number of aryl methyl sites for hydroxylation is 1. The predicted molar refractivity (Wildman–Crippen MR) is 259 cm³/mol. The van der Waals surface area contributed by atoms with E-state index in [1.54, 1.807) is 0 Å². The molecule has 3 aliphatic heterocycles. The van der Waals surface area contributed by atoms with Gasteiger partial charge in [-0.25, -0.2) is 0 Å². The average molecular weight is 821 g/mol. The van der Waals surface area contributed by atoms with Gasteiger partial charge >= 0.3 is 6.85 Å². The second kappa shape index (κ2) is 11.8. The van der Waals surface area contributed by atoms with Crippen molar-refractivity contribution >= 4 is 107 Å². The number of furan rings is 1. The zero-order valence-electron chi connectivity index (χ0n) is 34.8. The topological polar surface area (TPSA) is 21.3 Å². The Morgan fingerprint density at radius 1 is 0.574 bits per heavy atom. The first kappa shape index (κ1) is 34.8. The van der Waals surface area contributed by atoms with Gasteiger partial charge in [0.05, 0.1) is 16.7 Å². The quantitative estimate of drug-likeness (QED) is 0.154. The van der Waals surface area contributed by atoms with Gasteiger partial charge < -0.3 is 13.8 Å². The number of para-hydroxylation sites is 2. The molecule has 1 aliphatic carbocycles. The van der Waals surface area contributed by atoms with Gasteiger partial charge in [0.2, 0.25) is 0 Å². The molecule has 14 rings (SSSR count). The first-order chi connectivity index (χ1) is 29.6. The Labute approximate surface area is 363 Å². The first-order valence-electron chi connectivity index (χ1n) is 21.7. The van der Waals surface area contributed by atoms with E-state index in [-0.39, 0.29) is 17.7 Å². The molecule has 0 bridgehead atoms. The Balaban J connectivity index is 1.17. The number of fused-ring (bicyclic) bond motifs is 15. The van der Waals surface area contributed by atoms with Gasteiger partial charge in [0, 0.05) is 58.1 Å². The van der Waals surface area contributed by atoms with Gasteiger partial charge in [-0.3, -0.25) is 0 Å². The molecule has 0 atom stereocenters. The number of aromatic nitrogens is 1. The van der Waals surface area contributed by atoms with Crippen molar-refractivity contribution in [3.8, 4) is 16.8 Å². The maximum absolute atomic E-state index is 7.13. The van der Waals surface area contributed by atoms with Gasteiger partial charge in [-0.2, -0.15) is 0 Å². The molecule has 10 aromatic rings. The molecule has 0 saturated heterocycles. The van der Waals surface area contributed by atoms with E-state index in [9.17, 15) is 0 Å². The molecule has 5 heterocycles. The molecule has 0 spiro atoms. The molecule has 8 aromatic carbocycles. The fourth-order valence-electron chi connectivity index (χ4n) is 11.6. The zero-order valence-corrected chi connectivity index (χ0v) is 36.4. The minimum atomic E-state index is -0.104. The number of benzene rings is 8. The Kier molecular flexibility index (Phi) is 6.72. The summed E-state index contributed by atoms with van der Waals surface area (Å²) in [7, 11) is 0. The molecule has 0 saturated carbocycles. The molecule has 0 fully saturated rings. The Bertz CT molecular complexity index is 3650. The molecule has 61 heavy (non-hydrogen) atoms. The van der Waals surface area contributed by atoms with E-state index in [0.29, 0.717) is 0 Å². The summed E-state index contributed by atoms with van der Waals surface area (Å²) in [5.74, 6) is 0. The summed E-state index contributed by atoms with van der Waals surface area (Å²) in [6.45, 7) is 12.1. The van der Waals surface area contributed by atoms with Crippen LogP contribution in [0.4, 0.5) is 11.4 Å². The highest BCUT2D eigenvalue weighted by atomic mass is 32.2. The van der Waals surface area contributed by atoms with Crippen LogP contribution in [0.25, 0.3) is 71.3 Å². The van der Waals surface area contributed by atoms with E-state index >= 15 is 0 Å². The molecular formula is C55H41BN2OS2. The van der Waals surface area contributed by atoms with Crippen LogP contribution in [0.2, 0.25) is 0 Å². The number of anilines is 2. The van der Waals surface area contributed by atoms with Crippen molar-refractivity contribution in [2.75, 3.05) is 4.81 Å². The molecule has 0 amide bonds. The second-order valence-electron chi connectivity index (χ2n) is 19.1. The van der Waals surface area contributed by atoms with Gasteiger partial charge in [0.1, 0.15) is 5.58 Å². The van der Waals surface area contributed by atoms with Crippen molar-refractivity contribution in [1.82, 2.24) is 4.57 Å². The maximum atomic E-state index is 7.13. The van der Waals surface area contributed by atoms with Crippen LogP contribution in [0.1, 0.15) is 57.2 Å². The molecule has 6 heteroatoms. The zero-order chi connectivity index (χ0) is 40.7. The van der Waals surface area contributed by atoms with Crippen LogP contribution in [-0.2, 0) is 10.8 Å². The third-order valence-electron chi connectivity index (χ3n) is 14.7. The maximum Gasteiger partial charge on any atom is 0.333 e. The van der Waals surface area contributed by atoms with Crippen LogP contribution in [0.3, 0.4) is 0 Å². The molecule has 0 N–H and O–H groups in total. The van der Waals surface area contributed by atoms with Gasteiger partial charge in [-0.05, 0) is 129 Å².